The molecular weight excluding hydrogens is 383 g/mol. The van der Waals surface area contributed by atoms with E-state index < -0.39 is 6.10 Å². The first-order valence-corrected chi connectivity index (χ1v) is 7.23. The number of benzene rings is 1. The van der Waals surface area contributed by atoms with Crippen molar-refractivity contribution in [3.05, 3.63) is 26.6 Å². The maximum Gasteiger partial charge on any atom is 0.0917 e. The summed E-state index contributed by atoms with van der Waals surface area (Å²) in [4.78, 5) is 2.18. The van der Waals surface area contributed by atoms with Crippen molar-refractivity contribution in [2.45, 2.75) is 20.0 Å². The van der Waals surface area contributed by atoms with Crippen molar-refractivity contribution in [1.82, 2.24) is 4.90 Å². The van der Waals surface area contributed by atoms with Crippen molar-refractivity contribution in [3.63, 3.8) is 0 Å². The Kier molecular flexibility index (Phi) is 8.47. The van der Waals surface area contributed by atoms with Gasteiger partial charge in [-0.05, 0) is 62.6 Å². The van der Waals surface area contributed by atoms with Crippen molar-refractivity contribution < 1.29 is 5.11 Å². The molecule has 1 atom stereocenters. The number of nitrogens with zero attached hydrogens (tertiary/aromatic N) is 1. The molecule has 0 aliphatic carbocycles. The second kappa shape index (κ2) is 8.38. The smallest absolute Gasteiger partial charge is 0.0917 e. The van der Waals surface area contributed by atoms with Gasteiger partial charge in [0.25, 0.3) is 0 Å². The monoisotopic (exact) mass is 400 g/mol. The van der Waals surface area contributed by atoms with Gasteiger partial charge in [0, 0.05) is 15.5 Å². The molecular formula is C12H19Br2ClN2O. The molecule has 0 saturated carbocycles. The van der Waals surface area contributed by atoms with Crippen LogP contribution in [0.1, 0.15) is 25.5 Å². The minimum atomic E-state index is -0.497. The van der Waals surface area contributed by atoms with E-state index in [9.17, 15) is 5.11 Å². The minimum Gasteiger partial charge on any atom is -0.397 e. The van der Waals surface area contributed by atoms with Crippen molar-refractivity contribution >= 4 is 50.0 Å². The lowest BCUT2D eigenvalue weighted by Crippen LogP contribution is -2.28. The van der Waals surface area contributed by atoms with Gasteiger partial charge in [-0.1, -0.05) is 13.8 Å². The Morgan fingerprint density at radius 3 is 2.06 bits per heavy atom. The number of likely N-dealkylation sites (N-methyl/N-ethyl adjacent to an activating group) is 1. The van der Waals surface area contributed by atoms with Crippen LogP contribution >= 0.6 is 44.3 Å². The second-order valence-corrected chi connectivity index (χ2v) is 5.61. The van der Waals surface area contributed by atoms with Gasteiger partial charge < -0.3 is 15.7 Å². The standard InChI is InChI=1S/C12H18Br2N2O.ClH/c1-3-16(4-2)7-11(17)8-5-9(13)12(15)10(14)6-8;/h5-6,11,17H,3-4,7,15H2,1-2H3;1H. The first-order chi connectivity index (χ1) is 7.99. The van der Waals surface area contributed by atoms with E-state index in [4.69, 9.17) is 5.73 Å². The molecule has 3 nitrogen and oxygen atoms in total. The van der Waals surface area contributed by atoms with E-state index in [1.54, 1.807) is 0 Å². The maximum absolute atomic E-state index is 10.2. The topological polar surface area (TPSA) is 49.5 Å². The summed E-state index contributed by atoms with van der Waals surface area (Å²) in [7, 11) is 0. The highest BCUT2D eigenvalue weighted by Gasteiger charge is 2.14. The van der Waals surface area contributed by atoms with Gasteiger partial charge in [0.2, 0.25) is 0 Å². The number of aliphatic hydroxyl groups is 1. The van der Waals surface area contributed by atoms with Gasteiger partial charge >= 0.3 is 0 Å². The molecule has 0 amide bonds. The van der Waals surface area contributed by atoms with E-state index in [-0.39, 0.29) is 12.4 Å². The predicted octanol–water partition coefficient (Wildman–Crippen LogP) is 3.59. The van der Waals surface area contributed by atoms with Gasteiger partial charge in [0.05, 0.1) is 11.8 Å². The lowest BCUT2D eigenvalue weighted by Gasteiger charge is -2.22. The molecule has 0 aliphatic rings. The van der Waals surface area contributed by atoms with Crippen LogP contribution in [0.5, 0.6) is 0 Å². The van der Waals surface area contributed by atoms with Crippen molar-refractivity contribution in [2.75, 3.05) is 25.4 Å². The van der Waals surface area contributed by atoms with Gasteiger partial charge in [0.1, 0.15) is 0 Å². The quantitative estimate of drug-likeness (QED) is 0.740. The Hall–Kier alpha value is 0.190. The van der Waals surface area contributed by atoms with Crippen LogP contribution in [0, 0.1) is 0 Å². The van der Waals surface area contributed by atoms with Crippen LogP contribution in [0.4, 0.5) is 5.69 Å². The first kappa shape index (κ1) is 18.2. The lowest BCUT2D eigenvalue weighted by atomic mass is 10.1. The first-order valence-electron chi connectivity index (χ1n) is 5.64. The second-order valence-electron chi connectivity index (χ2n) is 3.90. The number of aliphatic hydroxyl groups excluding tert-OH is 1. The average molecular weight is 403 g/mol. The van der Waals surface area contributed by atoms with E-state index in [2.05, 4.69) is 50.6 Å². The average Bonchev–Trinajstić information content (AvgIpc) is 2.31. The summed E-state index contributed by atoms with van der Waals surface area (Å²) in [5.41, 5.74) is 7.34. The molecule has 0 aromatic heterocycles. The molecule has 0 aliphatic heterocycles. The van der Waals surface area contributed by atoms with Gasteiger partial charge in [-0.3, -0.25) is 0 Å². The Bertz CT molecular complexity index is 363. The number of hydrogen-bond acceptors (Lipinski definition) is 3. The molecule has 6 heteroatoms. The van der Waals surface area contributed by atoms with E-state index >= 15 is 0 Å². The van der Waals surface area contributed by atoms with Gasteiger partial charge in [-0.25, -0.2) is 0 Å². The zero-order valence-corrected chi connectivity index (χ0v) is 14.5. The number of anilines is 1. The highest BCUT2D eigenvalue weighted by atomic mass is 79.9. The summed E-state index contributed by atoms with van der Waals surface area (Å²) in [6.07, 6.45) is -0.497. The number of rotatable bonds is 5. The molecule has 1 aromatic rings. The number of nitrogen functional groups attached to an aromatic ring is 1. The third-order valence-corrected chi connectivity index (χ3v) is 4.12. The highest BCUT2D eigenvalue weighted by molar-refractivity contribution is 9.11. The molecule has 0 bridgehead atoms. The SMILES string of the molecule is CCN(CC)CC(O)c1cc(Br)c(N)c(Br)c1.Cl. The molecule has 0 saturated heterocycles. The normalized spacial score (nSPS) is 12.3. The molecule has 0 fully saturated rings. The van der Waals surface area contributed by atoms with Crippen LogP contribution in [0.2, 0.25) is 0 Å². The summed E-state index contributed by atoms with van der Waals surface area (Å²) in [6.45, 7) is 6.68. The molecule has 1 aromatic carbocycles. The number of nitrogens with two attached hydrogens (primary N) is 1. The summed E-state index contributed by atoms with van der Waals surface area (Å²) in [6, 6.07) is 3.74. The predicted molar refractivity (Wildman–Crippen MR) is 86.3 cm³/mol. The Morgan fingerprint density at radius 2 is 1.67 bits per heavy atom. The van der Waals surface area contributed by atoms with Crippen molar-refractivity contribution in [2.24, 2.45) is 0 Å². The zero-order valence-electron chi connectivity index (χ0n) is 10.5. The summed E-state index contributed by atoms with van der Waals surface area (Å²) < 4.78 is 1.61. The molecule has 18 heavy (non-hydrogen) atoms. The van der Waals surface area contributed by atoms with Gasteiger partial charge in [0.15, 0.2) is 0 Å². The van der Waals surface area contributed by atoms with E-state index in [0.717, 1.165) is 27.6 Å². The molecule has 0 heterocycles. The highest BCUT2D eigenvalue weighted by Crippen LogP contribution is 2.32. The summed E-state index contributed by atoms with van der Waals surface area (Å²) in [5.74, 6) is 0. The van der Waals surface area contributed by atoms with Gasteiger partial charge in [-0.15, -0.1) is 12.4 Å². The fraction of sp³-hybridized carbons (Fsp3) is 0.500. The van der Waals surface area contributed by atoms with Crippen LogP contribution < -0.4 is 5.73 Å². The number of halogens is 3. The Balaban J connectivity index is 0.00000289. The Labute approximate surface area is 131 Å². The summed E-state index contributed by atoms with van der Waals surface area (Å²) >= 11 is 6.77. The molecule has 0 spiro atoms. The molecule has 0 radical (unpaired) electrons. The fourth-order valence-electron chi connectivity index (χ4n) is 1.63. The maximum atomic E-state index is 10.2. The summed E-state index contributed by atoms with van der Waals surface area (Å²) in [5, 5.41) is 10.2. The largest absolute Gasteiger partial charge is 0.397 e. The third-order valence-electron chi connectivity index (χ3n) is 2.81. The van der Waals surface area contributed by atoms with Crippen LogP contribution in [0.3, 0.4) is 0 Å². The Morgan fingerprint density at radius 1 is 1.22 bits per heavy atom. The van der Waals surface area contributed by atoms with Crippen molar-refractivity contribution in [1.29, 1.82) is 0 Å². The van der Waals surface area contributed by atoms with E-state index in [1.165, 1.54) is 0 Å². The van der Waals surface area contributed by atoms with Gasteiger partial charge in [-0.2, -0.15) is 0 Å². The molecule has 104 valence electrons. The lowest BCUT2D eigenvalue weighted by molar-refractivity contribution is 0.119. The van der Waals surface area contributed by atoms with E-state index in [1.807, 2.05) is 12.1 Å². The van der Waals surface area contributed by atoms with Crippen LogP contribution in [-0.4, -0.2) is 29.6 Å². The molecule has 3 N–H and O–H groups in total. The number of hydrogen-bond donors (Lipinski definition) is 2. The van der Waals surface area contributed by atoms with Crippen LogP contribution in [0.15, 0.2) is 21.1 Å². The van der Waals surface area contributed by atoms with Crippen LogP contribution in [-0.2, 0) is 0 Å². The van der Waals surface area contributed by atoms with Crippen molar-refractivity contribution in [3.8, 4) is 0 Å². The molecule has 1 rings (SSSR count). The zero-order chi connectivity index (χ0) is 13.0. The fourth-order valence-corrected chi connectivity index (χ4v) is 2.85. The van der Waals surface area contributed by atoms with Crippen LogP contribution in [0.25, 0.3) is 0 Å². The molecule has 1 unspecified atom stereocenters. The van der Waals surface area contributed by atoms with E-state index in [0.29, 0.717) is 12.2 Å². The minimum absolute atomic E-state index is 0. The third kappa shape index (κ3) is 4.70.